The summed E-state index contributed by atoms with van der Waals surface area (Å²) in [5, 5.41) is 22.0. The minimum absolute atomic E-state index is 0.103. The summed E-state index contributed by atoms with van der Waals surface area (Å²) in [5.41, 5.74) is 2.75. The molecule has 300 valence electrons. The van der Waals surface area contributed by atoms with Gasteiger partial charge in [-0.2, -0.15) is 0 Å². The Morgan fingerprint density at radius 3 is 1.10 bits per heavy atom. The highest BCUT2D eigenvalue weighted by atomic mass is 32.2. The smallest absolute Gasteiger partial charge is 0.343 e. The van der Waals surface area contributed by atoms with Crippen molar-refractivity contribution in [3.8, 4) is 23.0 Å². The minimum atomic E-state index is -4.00. The van der Waals surface area contributed by atoms with Crippen LogP contribution in [0.25, 0.3) is 0 Å². The summed E-state index contributed by atoms with van der Waals surface area (Å²) in [6.45, 7) is 3.82. The number of nitro benzene ring substituents is 2. The molecule has 0 fully saturated rings. The van der Waals surface area contributed by atoms with Crippen LogP contribution in [0.3, 0.4) is 0 Å². The number of carbonyl (C=O) groups is 2. The molecule has 59 heavy (non-hydrogen) atoms. The summed E-state index contributed by atoms with van der Waals surface area (Å²) in [6.07, 6.45) is -2.02. The number of non-ortho nitro benzene ring substituents is 2. The van der Waals surface area contributed by atoms with Crippen molar-refractivity contribution in [1.82, 2.24) is 0 Å². The number of sulfone groups is 1. The molecule has 6 aromatic rings. The van der Waals surface area contributed by atoms with E-state index in [2.05, 4.69) is 0 Å². The second kappa shape index (κ2) is 18.3. The first kappa shape index (κ1) is 41.2. The number of ether oxygens (including phenoxy) is 4. The van der Waals surface area contributed by atoms with Crippen LogP contribution in [-0.4, -0.2) is 41.7 Å². The molecular weight excluding hydrogens is 781 g/mol. The Morgan fingerprint density at radius 2 is 0.797 bits per heavy atom. The SMILES string of the molecule is Cc1ccc(OC(CS(=O)(=O)CC(Oc2ccc(C)cc2)c2ccc(OC(=O)c3ccc([N+](=O)[O-])cc3)cc2)c2ccc(OC(=O)c3ccc([N+](=O)[O-])cc3)cc2)cc1. The normalized spacial score (nSPS) is 12.1. The number of aryl methyl sites for hydroxylation is 2. The summed E-state index contributed by atoms with van der Waals surface area (Å²) in [6, 6.07) is 36.5. The number of nitro groups is 2. The fraction of sp³-hybridized carbons (Fsp3) is 0.136. The molecule has 14 nitrogen and oxygen atoms in total. The van der Waals surface area contributed by atoms with Gasteiger partial charge < -0.3 is 18.9 Å². The number of benzene rings is 6. The molecule has 15 heteroatoms. The fourth-order valence-electron chi connectivity index (χ4n) is 5.76. The van der Waals surface area contributed by atoms with Crippen LogP contribution < -0.4 is 18.9 Å². The molecular formula is C44H36N2O12S. The third kappa shape index (κ3) is 11.4. The largest absolute Gasteiger partial charge is 0.485 e. The van der Waals surface area contributed by atoms with E-state index >= 15 is 0 Å². The van der Waals surface area contributed by atoms with Gasteiger partial charge in [0, 0.05) is 24.3 Å². The Hall–Kier alpha value is -7.39. The number of hydrogen-bond donors (Lipinski definition) is 0. The molecule has 0 aliphatic heterocycles. The first-order chi connectivity index (χ1) is 28.2. The van der Waals surface area contributed by atoms with E-state index < -0.39 is 55.3 Å². The average molecular weight is 817 g/mol. The molecule has 2 unspecified atom stereocenters. The summed E-state index contributed by atoms with van der Waals surface area (Å²) in [7, 11) is -4.00. The van der Waals surface area contributed by atoms with E-state index in [-0.39, 0.29) is 34.0 Å². The first-order valence-corrected chi connectivity index (χ1v) is 19.8. The van der Waals surface area contributed by atoms with Gasteiger partial charge in [-0.1, -0.05) is 59.7 Å². The van der Waals surface area contributed by atoms with Gasteiger partial charge in [0.2, 0.25) is 0 Å². The molecule has 0 radical (unpaired) electrons. The van der Waals surface area contributed by atoms with Crippen LogP contribution in [0.15, 0.2) is 146 Å². The fourth-order valence-corrected chi connectivity index (χ4v) is 7.34. The highest BCUT2D eigenvalue weighted by molar-refractivity contribution is 7.91. The number of carbonyl (C=O) groups excluding carboxylic acids is 2. The van der Waals surface area contributed by atoms with Crippen LogP contribution in [0.4, 0.5) is 11.4 Å². The minimum Gasteiger partial charge on any atom is -0.485 e. The molecule has 0 aliphatic rings. The zero-order valence-electron chi connectivity index (χ0n) is 31.6. The van der Waals surface area contributed by atoms with E-state index in [1.807, 2.05) is 38.1 Å². The maximum absolute atomic E-state index is 14.2. The lowest BCUT2D eigenvalue weighted by Crippen LogP contribution is -2.26. The lowest BCUT2D eigenvalue weighted by atomic mass is 10.1. The monoisotopic (exact) mass is 816 g/mol. The van der Waals surface area contributed by atoms with Gasteiger partial charge in [-0.3, -0.25) is 20.2 Å². The number of nitrogens with zero attached hydrogens (tertiary/aromatic N) is 2. The third-order valence-electron chi connectivity index (χ3n) is 8.96. The van der Waals surface area contributed by atoms with E-state index in [1.54, 1.807) is 48.5 Å². The van der Waals surface area contributed by atoms with Crippen molar-refractivity contribution in [2.24, 2.45) is 0 Å². The highest BCUT2D eigenvalue weighted by Gasteiger charge is 2.29. The molecule has 0 saturated carbocycles. The van der Waals surface area contributed by atoms with Crippen molar-refractivity contribution in [3.05, 3.63) is 199 Å². The van der Waals surface area contributed by atoms with E-state index in [0.717, 1.165) is 11.1 Å². The van der Waals surface area contributed by atoms with E-state index in [0.29, 0.717) is 22.6 Å². The molecule has 0 aromatic heterocycles. The van der Waals surface area contributed by atoms with Gasteiger partial charge in [0.05, 0.1) is 32.5 Å². The molecule has 0 saturated heterocycles. The maximum Gasteiger partial charge on any atom is 0.343 e. The Kier molecular flexibility index (Phi) is 12.8. The summed E-state index contributed by atoms with van der Waals surface area (Å²) < 4.78 is 51.8. The van der Waals surface area contributed by atoms with Crippen LogP contribution in [0.5, 0.6) is 23.0 Å². The molecule has 0 bridgehead atoms. The molecule has 0 aliphatic carbocycles. The van der Waals surface area contributed by atoms with E-state index in [1.165, 1.54) is 72.8 Å². The Morgan fingerprint density at radius 1 is 0.492 bits per heavy atom. The molecule has 0 amide bonds. The van der Waals surface area contributed by atoms with Gasteiger partial charge in [-0.05, 0) is 97.8 Å². The van der Waals surface area contributed by atoms with Gasteiger partial charge in [-0.25, -0.2) is 18.0 Å². The van der Waals surface area contributed by atoms with E-state index in [9.17, 15) is 38.2 Å². The van der Waals surface area contributed by atoms with Crippen LogP contribution in [-0.2, 0) is 9.84 Å². The number of hydrogen-bond acceptors (Lipinski definition) is 12. The maximum atomic E-state index is 14.2. The average Bonchev–Trinajstić information content (AvgIpc) is 3.22. The quantitative estimate of drug-likeness (QED) is 0.0391. The van der Waals surface area contributed by atoms with E-state index in [4.69, 9.17) is 18.9 Å². The molecule has 6 aromatic carbocycles. The zero-order chi connectivity index (χ0) is 42.1. The van der Waals surface area contributed by atoms with Crippen molar-refractivity contribution in [3.63, 3.8) is 0 Å². The van der Waals surface area contributed by atoms with Crippen molar-refractivity contribution >= 4 is 33.2 Å². The van der Waals surface area contributed by atoms with Gasteiger partial charge in [0.15, 0.2) is 9.84 Å². The predicted molar refractivity (Wildman–Crippen MR) is 217 cm³/mol. The first-order valence-electron chi connectivity index (χ1n) is 18.0. The lowest BCUT2D eigenvalue weighted by Gasteiger charge is -2.23. The standard InChI is InChI=1S/C44H36N2O12S/c1-29-3-19-37(20-4-29)55-41(31-11-23-39(24-12-31)57-43(47)33-7-15-35(16-8-33)45(49)50)27-59(53,54)28-42(56-38-21-5-30(2)6-22-38)32-13-25-40(26-14-32)58-44(48)34-9-17-36(18-10-34)46(51)52/h3-26,41-42H,27-28H2,1-2H3. The Balaban J connectivity index is 1.22. The number of rotatable bonds is 16. The summed E-state index contributed by atoms with van der Waals surface area (Å²) in [4.78, 5) is 46.3. The molecule has 0 heterocycles. The van der Waals surface area contributed by atoms with Crippen molar-refractivity contribution < 1.29 is 46.8 Å². The van der Waals surface area contributed by atoms with Crippen LogP contribution in [0.1, 0.15) is 55.2 Å². The van der Waals surface area contributed by atoms with Crippen LogP contribution >= 0.6 is 0 Å². The summed E-state index contributed by atoms with van der Waals surface area (Å²) >= 11 is 0. The lowest BCUT2D eigenvalue weighted by molar-refractivity contribution is -0.385. The van der Waals surface area contributed by atoms with Crippen LogP contribution in [0.2, 0.25) is 0 Å². The summed E-state index contributed by atoms with van der Waals surface area (Å²) in [5.74, 6) is -1.25. The van der Waals surface area contributed by atoms with Gasteiger partial charge in [-0.15, -0.1) is 0 Å². The Bertz CT molecular complexity index is 2370. The van der Waals surface area contributed by atoms with Crippen LogP contribution in [0, 0.1) is 34.1 Å². The highest BCUT2D eigenvalue weighted by Crippen LogP contribution is 2.31. The van der Waals surface area contributed by atoms with Gasteiger partial charge in [0.1, 0.15) is 35.2 Å². The topological polar surface area (TPSA) is 191 Å². The zero-order valence-corrected chi connectivity index (χ0v) is 32.4. The molecule has 0 N–H and O–H groups in total. The van der Waals surface area contributed by atoms with Crippen molar-refractivity contribution in [1.29, 1.82) is 0 Å². The predicted octanol–water partition coefficient (Wildman–Crippen LogP) is 8.91. The number of esters is 2. The second-order valence-corrected chi connectivity index (χ2v) is 15.6. The van der Waals surface area contributed by atoms with Gasteiger partial charge in [0.25, 0.3) is 11.4 Å². The van der Waals surface area contributed by atoms with Gasteiger partial charge >= 0.3 is 11.9 Å². The van der Waals surface area contributed by atoms with Crippen molar-refractivity contribution in [2.45, 2.75) is 26.1 Å². The molecule has 2 atom stereocenters. The second-order valence-electron chi connectivity index (χ2n) is 13.4. The molecule has 6 rings (SSSR count). The van der Waals surface area contributed by atoms with Crippen molar-refractivity contribution in [2.75, 3.05) is 11.5 Å². The molecule has 0 spiro atoms. The Labute approximate surface area is 338 Å². The third-order valence-corrected chi connectivity index (χ3v) is 10.6.